The monoisotopic (exact) mass is 251 g/mol. The minimum absolute atomic E-state index is 0.180. The molecule has 1 aromatic carbocycles. The molecular formula is C10H6BrNO2. The lowest BCUT2D eigenvalue weighted by Gasteiger charge is -2.00. The van der Waals surface area contributed by atoms with Crippen molar-refractivity contribution in [3.05, 3.63) is 39.9 Å². The van der Waals surface area contributed by atoms with Crippen LogP contribution < -0.4 is 0 Å². The van der Waals surface area contributed by atoms with Crippen LogP contribution in [-0.2, 0) is 0 Å². The summed E-state index contributed by atoms with van der Waals surface area (Å²) in [4.78, 5) is 10.8. The summed E-state index contributed by atoms with van der Waals surface area (Å²) in [5.74, 6) is -1.00. The molecule has 1 aromatic rings. The number of benzene rings is 1. The molecule has 0 atom stereocenters. The summed E-state index contributed by atoms with van der Waals surface area (Å²) in [6.07, 6.45) is 2.71. The van der Waals surface area contributed by atoms with E-state index in [1.165, 1.54) is 18.2 Å². The third kappa shape index (κ3) is 2.44. The van der Waals surface area contributed by atoms with Gasteiger partial charge < -0.3 is 5.11 Å². The Hall–Kier alpha value is -1.60. The van der Waals surface area contributed by atoms with Crippen molar-refractivity contribution in [2.24, 2.45) is 0 Å². The van der Waals surface area contributed by atoms with Crippen LogP contribution in [0.25, 0.3) is 6.08 Å². The van der Waals surface area contributed by atoms with Crippen LogP contribution in [-0.4, -0.2) is 11.1 Å². The van der Waals surface area contributed by atoms with Gasteiger partial charge in [0.1, 0.15) is 0 Å². The Labute approximate surface area is 89.4 Å². The number of nitriles is 1. The number of nitrogens with zero attached hydrogens (tertiary/aromatic N) is 1. The molecule has 0 saturated heterocycles. The first-order valence-corrected chi connectivity index (χ1v) is 4.53. The molecule has 0 fully saturated rings. The number of carboxylic acids is 1. The van der Waals surface area contributed by atoms with Gasteiger partial charge in [-0.1, -0.05) is 15.9 Å². The highest BCUT2D eigenvalue weighted by molar-refractivity contribution is 9.10. The molecule has 0 radical (unpaired) electrons. The lowest BCUT2D eigenvalue weighted by Crippen LogP contribution is -1.98. The normalized spacial score (nSPS) is 10.0. The van der Waals surface area contributed by atoms with Crippen LogP contribution in [0.15, 0.2) is 28.7 Å². The zero-order chi connectivity index (χ0) is 10.6. The summed E-state index contributed by atoms with van der Waals surface area (Å²) in [6.45, 7) is 0. The molecule has 0 bridgehead atoms. The highest BCUT2D eigenvalue weighted by Crippen LogP contribution is 2.18. The Morgan fingerprint density at radius 3 is 2.86 bits per heavy atom. The SMILES string of the molecule is N#CC=Cc1cc(Br)ccc1C(=O)O. The maximum atomic E-state index is 10.8. The molecule has 0 aliphatic heterocycles. The molecule has 14 heavy (non-hydrogen) atoms. The number of rotatable bonds is 2. The molecule has 0 aromatic heterocycles. The van der Waals surface area contributed by atoms with Gasteiger partial charge in [0.25, 0.3) is 0 Å². The van der Waals surface area contributed by atoms with Gasteiger partial charge in [0.2, 0.25) is 0 Å². The van der Waals surface area contributed by atoms with Crippen LogP contribution >= 0.6 is 15.9 Å². The van der Waals surface area contributed by atoms with Crippen LogP contribution in [0, 0.1) is 11.3 Å². The second-order valence-corrected chi connectivity index (χ2v) is 3.41. The predicted molar refractivity (Wildman–Crippen MR) is 55.7 cm³/mol. The Morgan fingerprint density at radius 1 is 1.57 bits per heavy atom. The van der Waals surface area contributed by atoms with Crippen LogP contribution in [0.1, 0.15) is 15.9 Å². The van der Waals surface area contributed by atoms with Crippen molar-refractivity contribution in [3.63, 3.8) is 0 Å². The van der Waals surface area contributed by atoms with Gasteiger partial charge >= 0.3 is 5.97 Å². The molecule has 70 valence electrons. The molecule has 0 aliphatic carbocycles. The van der Waals surface area contributed by atoms with Crippen molar-refractivity contribution in [2.45, 2.75) is 0 Å². The van der Waals surface area contributed by atoms with Crippen molar-refractivity contribution in [3.8, 4) is 6.07 Å². The molecule has 0 saturated carbocycles. The fraction of sp³-hybridized carbons (Fsp3) is 0. The van der Waals surface area contributed by atoms with Gasteiger partial charge in [0.15, 0.2) is 0 Å². The van der Waals surface area contributed by atoms with E-state index in [1.54, 1.807) is 12.1 Å². The first-order chi connectivity index (χ1) is 6.65. The Morgan fingerprint density at radius 2 is 2.29 bits per heavy atom. The summed E-state index contributed by atoms with van der Waals surface area (Å²) < 4.78 is 0.778. The number of allylic oxidation sites excluding steroid dienone is 1. The highest BCUT2D eigenvalue weighted by atomic mass is 79.9. The van der Waals surface area contributed by atoms with E-state index < -0.39 is 5.97 Å². The Kier molecular flexibility index (Phi) is 3.43. The Bertz CT molecular complexity index is 432. The second-order valence-electron chi connectivity index (χ2n) is 2.50. The number of hydrogen-bond donors (Lipinski definition) is 1. The molecule has 0 unspecified atom stereocenters. The van der Waals surface area contributed by atoms with Crippen molar-refractivity contribution in [1.82, 2.24) is 0 Å². The largest absolute Gasteiger partial charge is 0.478 e. The molecule has 0 heterocycles. The molecule has 0 amide bonds. The van der Waals surface area contributed by atoms with Crippen molar-refractivity contribution in [1.29, 1.82) is 5.26 Å². The minimum Gasteiger partial charge on any atom is -0.478 e. The smallest absolute Gasteiger partial charge is 0.336 e. The minimum atomic E-state index is -1.00. The summed E-state index contributed by atoms with van der Waals surface area (Å²) in [6, 6.07) is 6.60. The van der Waals surface area contributed by atoms with E-state index in [9.17, 15) is 4.79 Å². The van der Waals surface area contributed by atoms with E-state index in [1.807, 2.05) is 6.07 Å². The second kappa shape index (κ2) is 4.58. The van der Waals surface area contributed by atoms with Crippen LogP contribution in [0.3, 0.4) is 0 Å². The van der Waals surface area contributed by atoms with E-state index in [0.29, 0.717) is 5.56 Å². The van der Waals surface area contributed by atoms with Crippen molar-refractivity contribution < 1.29 is 9.90 Å². The zero-order valence-corrected chi connectivity index (χ0v) is 8.65. The maximum Gasteiger partial charge on any atom is 0.336 e. The fourth-order valence-electron chi connectivity index (χ4n) is 0.993. The number of aromatic carboxylic acids is 1. The third-order valence-corrected chi connectivity index (χ3v) is 2.07. The van der Waals surface area contributed by atoms with E-state index in [0.717, 1.165) is 4.47 Å². The van der Waals surface area contributed by atoms with Crippen LogP contribution in [0.5, 0.6) is 0 Å². The van der Waals surface area contributed by atoms with Gasteiger partial charge in [0, 0.05) is 10.5 Å². The topological polar surface area (TPSA) is 61.1 Å². The lowest BCUT2D eigenvalue weighted by molar-refractivity contribution is 0.0696. The molecule has 4 heteroatoms. The summed E-state index contributed by atoms with van der Waals surface area (Å²) in [7, 11) is 0. The summed E-state index contributed by atoms with van der Waals surface area (Å²) in [5, 5.41) is 17.2. The first-order valence-electron chi connectivity index (χ1n) is 3.74. The average Bonchev–Trinajstić information content (AvgIpc) is 2.14. The zero-order valence-electron chi connectivity index (χ0n) is 7.07. The molecule has 0 aliphatic rings. The van der Waals surface area contributed by atoms with Crippen LogP contribution in [0.2, 0.25) is 0 Å². The van der Waals surface area contributed by atoms with Crippen molar-refractivity contribution >= 4 is 28.0 Å². The molecule has 3 nitrogen and oxygen atoms in total. The van der Waals surface area contributed by atoms with E-state index in [2.05, 4.69) is 15.9 Å². The van der Waals surface area contributed by atoms with E-state index >= 15 is 0 Å². The molecular weight excluding hydrogens is 246 g/mol. The number of carbonyl (C=O) groups is 1. The summed E-state index contributed by atoms with van der Waals surface area (Å²) in [5.41, 5.74) is 0.688. The van der Waals surface area contributed by atoms with Gasteiger partial charge in [-0.2, -0.15) is 5.26 Å². The van der Waals surface area contributed by atoms with Gasteiger partial charge in [0.05, 0.1) is 11.6 Å². The number of halogens is 1. The van der Waals surface area contributed by atoms with Crippen molar-refractivity contribution in [2.75, 3.05) is 0 Å². The molecule has 0 spiro atoms. The lowest BCUT2D eigenvalue weighted by atomic mass is 10.1. The van der Waals surface area contributed by atoms with Gasteiger partial charge in [-0.3, -0.25) is 0 Å². The fourth-order valence-corrected chi connectivity index (χ4v) is 1.37. The maximum absolute atomic E-state index is 10.8. The van der Waals surface area contributed by atoms with E-state index in [4.69, 9.17) is 10.4 Å². The first kappa shape index (κ1) is 10.5. The highest BCUT2D eigenvalue weighted by Gasteiger charge is 2.07. The predicted octanol–water partition coefficient (Wildman–Crippen LogP) is 2.68. The van der Waals surface area contributed by atoms with Gasteiger partial charge in [-0.05, 0) is 29.8 Å². The number of carboxylic acid groups (broad SMARTS) is 1. The molecule has 1 rings (SSSR count). The third-order valence-electron chi connectivity index (χ3n) is 1.58. The molecule has 1 N–H and O–H groups in total. The van der Waals surface area contributed by atoms with E-state index in [-0.39, 0.29) is 5.56 Å². The summed E-state index contributed by atoms with van der Waals surface area (Å²) >= 11 is 3.23. The van der Waals surface area contributed by atoms with Crippen LogP contribution in [0.4, 0.5) is 0 Å². The Balaban J connectivity index is 3.24. The average molecular weight is 252 g/mol. The van der Waals surface area contributed by atoms with Gasteiger partial charge in [-0.25, -0.2) is 4.79 Å². The quantitative estimate of drug-likeness (QED) is 0.823. The standard InChI is InChI=1S/C10H6BrNO2/c11-8-3-4-9(10(13)14)7(6-8)2-1-5-12/h1-4,6H,(H,13,14). The number of hydrogen-bond acceptors (Lipinski definition) is 2. The van der Waals surface area contributed by atoms with Gasteiger partial charge in [-0.15, -0.1) is 0 Å².